The lowest BCUT2D eigenvalue weighted by Gasteiger charge is -2.06. The fourth-order valence-electron chi connectivity index (χ4n) is 7.41. The van der Waals surface area contributed by atoms with Crippen molar-refractivity contribution in [3.63, 3.8) is 0 Å². The molecule has 0 amide bonds. The molecule has 0 atom stereocenters. The molecule has 0 aliphatic rings. The molecular formula is C44H24N2O3. The maximum absolute atomic E-state index is 6.75. The third-order valence-corrected chi connectivity index (χ3v) is 9.68. The van der Waals surface area contributed by atoms with Crippen LogP contribution in [0.5, 0.6) is 0 Å². The predicted octanol–water partition coefficient (Wildman–Crippen LogP) is 12.3. The normalized spacial score (nSPS) is 12.1. The highest BCUT2D eigenvalue weighted by Crippen LogP contribution is 2.46. The fourth-order valence-corrected chi connectivity index (χ4v) is 7.41. The van der Waals surface area contributed by atoms with Crippen molar-refractivity contribution in [2.75, 3.05) is 0 Å². The van der Waals surface area contributed by atoms with Crippen LogP contribution in [0.25, 0.3) is 110 Å². The molecule has 0 aliphatic carbocycles. The van der Waals surface area contributed by atoms with E-state index in [1.807, 2.05) is 60.7 Å². The molecule has 0 spiro atoms. The molecule has 0 radical (unpaired) electrons. The summed E-state index contributed by atoms with van der Waals surface area (Å²) in [5.41, 5.74) is 10.4. The Bertz CT molecular complexity index is 3100. The van der Waals surface area contributed by atoms with Gasteiger partial charge in [0, 0.05) is 38.1 Å². The molecule has 0 unspecified atom stereocenters. The van der Waals surface area contributed by atoms with E-state index in [0.717, 1.165) is 93.5 Å². The van der Waals surface area contributed by atoms with Crippen molar-refractivity contribution < 1.29 is 13.3 Å². The summed E-state index contributed by atoms with van der Waals surface area (Å²) < 4.78 is 19.7. The lowest BCUT2D eigenvalue weighted by atomic mass is 9.97. The van der Waals surface area contributed by atoms with Crippen LogP contribution in [0.3, 0.4) is 0 Å². The fraction of sp³-hybridized carbons (Fsp3) is 0. The minimum absolute atomic E-state index is 0.614. The summed E-state index contributed by atoms with van der Waals surface area (Å²) in [5.74, 6) is 0.614. The number of fused-ring (bicyclic) bond motifs is 13. The smallest absolute Gasteiger partial charge is 0.180 e. The Kier molecular flexibility index (Phi) is 5.32. The first-order valence-electron chi connectivity index (χ1n) is 16.3. The molecular weight excluding hydrogens is 604 g/mol. The number of aromatic nitrogens is 2. The minimum atomic E-state index is 0.614. The molecule has 0 N–H and O–H groups in total. The first kappa shape index (κ1) is 26.4. The number of para-hydroxylation sites is 1. The van der Waals surface area contributed by atoms with Gasteiger partial charge in [0.15, 0.2) is 11.4 Å². The summed E-state index contributed by atoms with van der Waals surface area (Å²) in [7, 11) is 0. The van der Waals surface area contributed by atoms with Crippen LogP contribution in [0.1, 0.15) is 0 Å². The number of benzene rings is 7. The van der Waals surface area contributed by atoms with Gasteiger partial charge in [-0.25, -0.2) is 9.97 Å². The van der Waals surface area contributed by atoms with Crippen LogP contribution in [-0.2, 0) is 0 Å². The quantitative estimate of drug-likeness (QED) is 0.195. The van der Waals surface area contributed by atoms with Gasteiger partial charge in [-0.3, -0.25) is 0 Å². The van der Waals surface area contributed by atoms with Crippen molar-refractivity contribution >= 4 is 76.7 Å². The van der Waals surface area contributed by atoms with Gasteiger partial charge in [-0.15, -0.1) is 0 Å². The summed E-state index contributed by atoms with van der Waals surface area (Å²) >= 11 is 0. The summed E-state index contributed by atoms with van der Waals surface area (Å²) in [6.45, 7) is 0. The Labute approximate surface area is 278 Å². The predicted molar refractivity (Wildman–Crippen MR) is 198 cm³/mol. The molecule has 11 rings (SSSR count). The van der Waals surface area contributed by atoms with Crippen LogP contribution in [0, 0.1) is 0 Å². The van der Waals surface area contributed by atoms with E-state index < -0.39 is 0 Å². The van der Waals surface area contributed by atoms with Gasteiger partial charge >= 0.3 is 0 Å². The third kappa shape index (κ3) is 3.81. The van der Waals surface area contributed by atoms with E-state index in [1.165, 1.54) is 5.56 Å². The number of hydrogen-bond acceptors (Lipinski definition) is 5. The van der Waals surface area contributed by atoms with Crippen LogP contribution in [0.2, 0.25) is 0 Å². The zero-order chi connectivity index (χ0) is 32.1. The number of rotatable bonds is 3. The van der Waals surface area contributed by atoms with E-state index >= 15 is 0 Å². The number of furan rings is 3. The van der Waals surface area contributed by atoms with Crippen molar-refractivity contribution in [3.8, 4) is 33.8 Å². The average molecular weight is 629 g/mol. The molecule has 0 bridgehead atoms. The number of hydrogen-bond donors (Lipinski definition) is 0. The second-order valence-electron chi connectivity index (χ2n) is 12.5. The Balaban J connectivity index is 1.21. The van der Waals surface area contributed by atoms with E-state index in [2.05, 4.69) is 84.9 Å². The van der Waals surface area contributed by atoms with Crippen molar-refractivity contribution in [3.05, 3.63) is 146 Å². The van der Waals surface area contributed by atoms with Crippen molar-refractivity contribution in [2.24, 2.45) is 0 Å². The van der Waals surface area contributed by atoms with Crippen molar-refractivity contribution in [2.45, 2.75) is 0 Å². The standard InChI is InChI=1S/C44H24N2O3/c1-3-11-25(12-4-1)27-19-21-35-32(23-27)37-29-15-7-8-16-30(29)41-38(42(37)48-35)33-24-28(20-22-36(33)47-41)44-45-39(26-13-5-2-6-14-26)43-40(46-44)31-17-9-10-18-34(31)49-43/h1-24H. The highest BCUT2D eigenvalue weighted by molar-refractivity contribution is 6.34. The third-order valence-electron chi connectivity index (χ3n) is 9.68. The Morgan fingerprint density at radius 2 is 0.918 bits per heavy atom. The molecule has 5 nitrogen and oxygen atoms in total. The Hall–Kier alpha value is -6.72. The summed E-state index contributed by atoms with van der Waals surface area (Å²) in [6, 6.07) is 49.7. The molecule has 0 saturated carbocycles. The lowest BCUT2D eigenvalue weighted by Crippen LogP contribution is -1.93. The molecule has 49 heavy (non-hydrogen) atoms. The highest BCUT2D eigenvalue weighted by Gasteiger charge is 2.23. The van der Waals surface area contributed by atoms with Crippen LogP contribution in [0.15, 0.2) is 159 Å². The first-order chi connectivity index (χ1) is 24.3. The molecule has 0 fully saturated rings. The summed E-state index contributed by atoms with van der Waals surface area (Å²) in [4.78, 5) is 10.3. The molecule has 11 aromatic rings. The second kappa shape index (κ2) is 9.89. The zero-order valence-corrected chi connectivity index (χ0v) is 26.0. The van der Waals surface area contributed by atoms with E-state index in [4.69, 9.17) is 23.2 Å². The van der Waals surface area contributed by atoms with Gasteiger partial charge in [-0.1, -0.05) is 103 Å². The monoisotopic (exact) mass is 628 g/mol. The van der Waals surface area contributed by atoms with Crippen LogP contribution in [0.4, 0.5) is 0 Å². The molecule has 7 aromatic carbocycles. The second-order valence-corrected chi connectivity index (χ2v) is 12.5. The largest absolute Gasteiger partial charge is 0.455 e. The maximum Gasteiger partial charge on any atom is 0.180 e. The van der Waals surface area contributed by atoms with Gasteiger partial charge in [0.25, 0.3) is 0 Å². The van der Waals surface area contributed by atoms with Crippen LogP contribution in [-0.4, -0.2) is 9.97 Å². The molecule has 228 valence electrons. The summed E-state index contributed by atoms with van der Waals surface area (Å²) in [5, 5.41) is 7.16. The van der Waals surface area contributed by atoms with Gasteiger partial charge in [0.2, 0.25) is 0 Å². The van der Waals surface area contributed by atoms with E-state index in [-0.39, 0.29) is 0 Å². The van der Waals surface area contributed by atoms with E-state index in [0.29, 0.717) is 11.4 Å². The zero-order valence-electron chi connectivity index (χ0n) is 26.0. The lowest BCUT2D eigenvalue weighted by molar-refractivity contribution is 0.665. The summed E-state index contributed by atoms with van der Waals surface area (Å²) in [6.07, 6.45) is 0. The topological polar surface area (TPSA) is 65.2 Å². The van der Waals surface area contributed by atoms with Crippen LogP contribution < -0.4 is 0 Å². The SMILES string of the molecule is c1ccc(-c2ccc3oc4c(c3c2)c2ccccc2c2oc3ccc(-c5nc(-c6ccccc6)c6oc7ccccc7c6n5)cc3c24)cc1. The van der Waals surface area contributed by atoms with Gasteiger partial charge in [0.1, 0.15) is 39.1 Å². The molecule has 0 saturated heterocycles. The average Bonchev–Trinajstić information content (AvgIpc) is 3.86. The van der Waals surface area contributed by atoms with Crippen LogP contribution >= 0.6 is 0 Å². The maximum atomic E-state index is 6.75. The molecule has 4 aromatic heterocycles. The van der Waals surface area contributed by atoms with Gasteiger partial charge in [-0.2, -0.15) is 0 Å². The minimum Gasteiger partial charge on any atom is -0.455 e. The highest BCUT2D eigenvalue weighted by atomic mass is 16.3. The number of nitrogens with zero attached hydrogens (tertiary/aromatic N) is 2. The van der Waals surface area contributed by atoms with Crippen molar-refractivity contribution in [1.82, 2.24) is 9.97 Å². The molecule has 0 aliphatic heterocycles. The van der Waals surface area contributed by atoms with E-state index in [1.54, 1.807) is 0 Å². The molecule has 4 heterocycles. The Morgan fingerprint density at radius 3 is 1.71 bits per heavy atom. The van der Waals surface area contributed by atoms with Gasteiger partial charge < -0.3 is 13.3 Å². The first-order valence-corrected chi connectivity index (χ1v) is 16.3. The van der Waals surface area contributed by atoms with Gasteiger partial charge in [-0.05, 0) is 59.0 Å². The Morgan fingerprint density at radius 1 is 0.347 bits per heavy atom. The van der Waals surface area contributed by atoms with E-state index in [9.17, 15) is 0 Å². The van der Waals surface area contributed by atoms with Gasteiger partial charge in [0.05, 0.1) is 5.39 Å². The van der Waals surface area contributed by atoms with Crippen molar-refractivity contribution in [1.29, 1.82) is 0 Å². The molecule has 5 heteroatoms.